The highest BCUT2D eigenvalue weighted by molar-refractivity contribution is 7.15. The zero-order valence-corrected chi connectivity index (χ0v) is 18.8. The molecule has 1 aliphatic rings. The summed E-state index contributed by atoms with van der Waals surface area (Å²) >= 11 is 1.60. The lowest BCUT2D eigenvalue weighted by molar-refractivity contribution is -0.137. The van der Waals surface area contributed by atoms with Crippen molar-refractivity contribution in [2.24, 2.45) is 0 Å². The van der Waals surface area contributed by atoms with E-state index >= 15 is 0 Å². The Hall–Kier alpha value is -3.40. The Balaban J connectivity index is 1.36. The molecule has 2 N–H and O–H groups in total. The zero-order valence-electron chi connectivity index (χ0n) is 18.0. The predicted octanol–water partition coefficient (Wildman–Crippen LogP) is 6.67. The van der Waals surface area contributed by atoms with E-state index in [1.807, 2.05) is 18.3 Å². The van der Waals surface area contributed by atoms with Crippen LogP contribution >= 0.6 is 11.3 Å². The minimum atomic E-state index is -4.57. The van der Waals surface area contributed by atoms with Gasteiger partial charge >= 0.3 is 12.2 Å². The fourth-order valence-corrected chi connectivity index (χ4v) is 5.07. The topological polar surface area (TPSA) is 80.3 Å². The molecular weight excluding hydrogens is 467 g/mol. The van der Waals surface area contributed by atoms with Crippen LogP contribution in [0.5, 0.6) is 0 Å². The number of ether oxygens (including phenoxy) is 1. The number of nitrogens with zero attached hydrogens (tertiary/aromatic N) is 1. The molecule has 6 nitrogen and oxygen atoms in total. The SMILES string of the molecule is O=COC1CCC(c2ncc(-c3ccc(NC(=O)Nc4ccccc4C(F)(F)F)cc3)s2)CC1. The van der Waals surface area contributed by atoms with Crippen molar-refractivity contribution in [2.75, 3.05) is 10.6 Å². The summed E-state index contributed by atoms with van der Waals surface area (Å²) < 4.78 is 44.4. The van der Waals surface area contributed by atoms with Crippen molar-refractivity contribution >= 4 is 35.2 Å². The summed E-state index contributed by atoms with van der Waals surface area (Å²) in [7, 11) is 0. The van der Waals surface area contributed by atoms with Crippen LogP contribution in [0.25, 0.3) is 10.4 Å². The molecule has 1 aromatic heterocycles. The van der Waals surface area contributed by atoms with Crippen LogP contribution in [-0.2, 0) is 15.7 Å². The lowest BCUT2D eigenvalue weighted by Gasteiger charge is -2.25. The summed E-state index contributed by atoms with van der Waals surface area (Å²) in [6.07, 6.45) is 0.732. The number of benzene rings is 2. The molecule has 4 rings (SSSR count). The maximum atomic E-state index is 13.1. The first kappa shape index (κ1) is 23.7. The number of halogens is 3. The minimum Gasteiger partial charge on any atom is -0.465 e. The van der Waals surface area contributed by atoms with Crippen LogP contribution in [0.4, 0.5) is 29.3 Å². The van der Waals surface area contributed by atoms with E-state index in [-0.39, 0.29) is 11.8 Å². The van der Waals surface area contributed by atoms with Gasteiger partial charge in [0.05, 0.1) is 21.1 Å². The molecule has 0 saturated heterocycles. The Labute approximate surface area is 198 Å². The van der Waals surface area contributed by atoms with Gasteiger partial charge in [0.25, 0.3) is 6.47 Å². The van der Waals surface area contributed by atoms with Gasteiger partial charge in [-0.3, -0.25) is 4.79 Å². The van der Waals surface area contributed by atoms with Crippen LogP contribution in [0.1, 0.15) is 42.2 Å². The molecule has 0 bridgehead atoms. The lowest BCUT2D eigenvalue weighted by atomic mass is 9.88. The number of para-hydroxylation sites is 1. The first-order valence-corrected chi connectivity index (χ1v) is 11.5. The summed E-state index contributed by atoms with van der Waals surface area (Å²) in [5, 5.41) is 5.85. The highest BCUT2D eigenvalue weighted by Gasteiger charge is 2.33. The molecule has 0 aliphatic heterocycles. The van der Waals surface area contributed by atoms with E-state index in [0.29, 0.717) is 18.1 Å². The summed E-state index contributed by atoms with van der Waals surface area (Å²) in [5.74, 6) is 0.342. The molecule has 1 heterocycles. The third-order valence-corrected chi connectivity index (χ3v) is 6.91. The van der Waals surface area contributed by atoms with Crippen molar-refractivity contribution in [3.05, 3.63) is 65.3 Å². The van der Waals surface area contributed by atoms with Crippen LogP contribution in [0, 0.1) is 0 Å². The maximum absolute atomic E-state index is 13.1. The number of amides is 2. The summed E-state index contributed by atoms with van der Waals surface area (Å²) in [4.78, 5) is 28.3. The van der Waals surface area contributed by atoms with E-state index in [4.69, 9.17) is 4.74 Å². The number of rotatable bonds is 6. The zero-order chi connectivity index (χ0) is 24.1. The van der Waals surface area contributed by atoms with Gasteiger partial charge in [-0.25, -0.2) is 9.78 Å². The predicted molar refractivity (Wildman–Crippen MR) is 124 cm³/mol. The third-order valence-electron chi connectivity index (χ3n) is 5.70. The fraction of sp³-hybridized carbons (Fsp3) is 0.292. The largest absolute Gasteiger partial charge is 0.465 e. The third kappa shape index (κ3) is 5.74. The normalized spacial score (nSPS) is 18.2. The van der Waals surface area contributed by atoms with E-state index in [1.54, 1.807) is 23.5 Å². The van der Waals surface area contributed by atoms with Crippen molar-refractivity contribution in [3.63, 3.8) is 0 Å². The van der Waals surface area contributed by atoms with Crippen molar-refractivity contribution in [2.45, 2.75) is 43.9 Å². The van der Waals surface area contributed by atoms with Crippen LogP contribution < -0.4 is 10.6 Å². The number of urea groups is 1. The van der Waals surface area contributed by atoms with E-state index in [1.165, 1.54) is 18.2 Å². The van der Waals surface area contributed by atoms with Crippen LogP contribution in [0.2, 0.25) is 0 Å². The first-order valence-electron chi connectivity index (χ1n) is 10.7. The summed E-state index contributed by atoms with van der Waals surface area (Å²) in [6.45, 7) is 0.510. The van der Waals surface area contributed by atoms with Gasteiger partial charge in [-0.2, -0.15) is 13.2 Å². The molecule has 0 atom stereocenters. The van der Waals surface area contributed by atoms with Gasteiger partial charge in [0.2, 0.25) is 0 Å². The smallest absolute Gasteiger partial charge is 0.418 e. The second-order valence-electron chi connectivity index (χ2n) is 7.97. The van der Waals surface area contributed by atoms with Crippen LogP contribution in [0.15, 0.2) is 54.7 Å². The average Bonchev–Trinajstić information content (AvgIpc) is 3.30. The Morgan fingerprint density at radius 2 is 1.74 bits per heavy atom. The number of nitrogens with one attached hydrogen (secondary N) is 2. The number of hydrogen-bond acceptors (Lipinski definition) is 5. The maximum Gasteiger partial charge on any atom is 0.418 e. The molecule has 2 aromatic carbocycles. The Morgan fingerprint density at radius 3 is 2.41 bits per heavy atom. The quantitative estimate of drug-likeness (QED) is 0.379. The fourth-order valence-electron chi connectivity index (χ4n) is 3.98. The Morgan fingerprint density at radius 1 is 1.03 bits per heavy atom. The lowest BCUT2D eigenvalue weighted by Crippen LogP contribution is -2.21. The molecule has 1 aliphatic carbocycles. The molecule has 1 saturated carbocycles. The minimum absolute atomic E-state index is 0.00707. The molecule has 0 radical (unpaired) electrons. The first-order chi connectivity index (χ1) is 16.3. The number of hydrogen-bond donors (Lipinski definition) is 2. The highest BCUT2D eigenvalue weighted by Crippen LogP contribution is 2.38. The number of alkyl halides is 3. The van der Waals surface area contributed by atoms with Gasteiger partial charge in [0.15, 0.2) is 0 Å². The molecule has 178 valence electrons. The number of aromatic nitrogens is 1. The van der Waals surface area contributed by atoms with E-state index < -0.39 is 17.8 Å². The summed E-state index contributed by atoms with van der Waals surface area (Å²) in [5.41, 5.74) is 0.151. The molecule has 1 fully saturated rings. The molecule has 34 heavy (non-hydrogen) atoms. The van der Waals surface area contributed by atoms with Crippen molar-refractivity contribution in [3.8, 4) is 10.4 Å². The second kappa shape index (κ2) is 10.3. The molecular formula is C24H22F3N3O3S. The van der Waals surface area contributed by atoms with Crippen LogP contribution in [0.3, 0.4) is 0 Å². The second-order valence-corrected chi connectivity index (χ2v) is 9.03. The Kier molecular flexibility index (Phi) is 7.16. The number of anilines is 2. The van der Waals surface area contributed by atoms with Gasteiger partial charge in [0, 0.05) is 17.8 Å². The molecule has 3 aromatic rings. The van der Waals surface area contributed by atoms with Gasteiger partial charge in [-0.1, -0.05) is 24.3 Å². The van der Waals surface area contributed by atoms with Crippen molar-refractivity contribution in [1.82, 2.24) is 4.98 Å². The molecule has 0 spiro atoms. The molecule has 2 amide bonds. The van der Waals surface area contributed by atoms with E-state index in [0.717, 1.165) is 47.2 Å². The van der Waals surface area contributed by atoms with Gasteiger partial charge in [0.1, 0.15) is 6.10 Å². The van der Waals surface area contributed by atoms with E-state index in [2.05, 4.69) is 15.6 Å². The Bertz CT molecular complexity index is 1140. The van der Waals surface area contributed by atoms with Crippen LogP contribution in [-0.4, -0.2) is 23.6 Å². The standard InChI is InChI=1S/C24H22F3N3O3S/c25-24(26,27)19-3-1-2-4-20(19)30-23(32)29-17-9-5-15(6-10-17)21-13-28-22(34-21)16-7-11-18(12-8-16)33-14-31/h1-6,9-10,13-14,16,18H,7-8,11-12H2,(H2,29,30,32). The molecule has 0 unspecified atom stereocenters. The van der Waals surface area contributed by atoms with Crippen molar-refractivity contribution < 1.29 is 27.5 Å². The number of thiazole rings is 1. The van der Waals surface area contributed by atoms with Gasteiger partial charge in [-0.15, -0.1) is 11.3 Å². The van der Waals surface area contributed by atoms with E-state index in [9.17, 15) is 22.8 Å². The average molecular weight is 490 g/mol. The van der Waals surface area contributed by atoms with Gasteiger partial charge < -0.3 is 15.4 Å². The summed E-state index contributed by atoms with van der Waals surface area (Å²) in [6, 6.07) is 11.1. The van der Waals surface area contributed by atoms with Crippen molar-refractivity contribution in [1.29, 1.82) is 0 Å². The monoisotopic (exact) mass is 489 g/mol. The number of carbonyl (C=O) groups excluding carboxylic acids is 2. The number of carbonyl (C=O) groups is 2. The highest BCUT2D eigenvalue weighted by atomic mass is 32.1. The molecule has 10 heteroatoms. The van der Waals surface area contributed by atoms with Gasteiger partial charge in [-0.05, 0) is 55.5 Å².